The fraction of sp³-hybridized carbons (Fsp3) is 0.0909. The third-order valence-electron chi connectivity index (χ3n) is 4.48. The first kappa shape index (κ1) is 17.1. The van der Waals surface area contributed by atoms with E-state index in [1.807, 2.05) is 6.07 Å². The normalized spacial score (nSPS) is 11.0. The van der Waals surface area contributed by atoms with E-state index in [2.05, 4.69) is 4.98 Å². The van der Waals surface area contributed by atoms with E-state index in [1.54, 1.807) is 47.0 Å². The van der Waals surface area contributed by atoms with E-state index in [9.17, 15) is 13.6 Å². The van der Waals surface area contributed by atoms with Crippen LogP contribution in [-0.4, -0.2) is 9.55 Å². The van der Waals surface area contributed by atoms with Crippen molar-refractivity contribution < 1.29 is 8.78 Å². The summed E-state index contributed by atoms with van der Waals surface area (Å²) in [7, 11) is 0. The summed E-state index contributed by atoms with van der Waals surface area (Å²) in [6.07, 6.45) is 0.530. The van der Waals surface area contributed by atoms with Crippen LogP contribution < -0.4 is 5.56 Å². The maximum absolute atomic E-state index is 13.7. The minimum Gasteiger partial charge on any atom is -0.292 e. The molecule has 4 aromatic rings. The fourth-order valence-corrected chi connectivity index (χ4v) is 3.12. The van der Waals surface area contributed by atoms with Crippen LogP contribution in [0.5, 0.6) is 0 Å². The van der Waals surface area contributed by atoms with Crippen molar-refractivity contribution in [2.45, 2.75) is 13.0 Å². The number of para-hydroxylation sites is 1. The summed E-state index contributed by atoms with van der Waals surface area (Å²) in [5.41, 5.74) is 1.83. The van der Waals surface area contributed by atoms with Gasteiger partial charge in [0.05, 0.1) is 10.9 Å². The fourth-order valence-electron chi connectivity index (χ4n) is 3.12. The molecule has 0 atom stereocenters. The molecule has 0 N–H and O–H groups in total. The van der Waals surface area contributed by atoms with Crippen LogP contribution in [0.25, 0.3) is 22.3 Å². The van der Waals surface area contributed by atoms with E-state index in [1.165, 1.54) is 24.3 Å². The Kier molecular flexibility index (Phi) is 4.50. The standard InChI is InChI=1S/C22H16F2N2O/c23-17-10-8-15(9-11-17)12-13-26-21(16-4-3-5-18(24)14-16)25-20-7-2-1-6-19(20)22(26)27/h1-11,14H,12-13H2. The molecule has 3 nitrogen and oxygen atoms in total. The van der Waals surface area contributed by atoms with Gasteiger partial charge in [-0.2, -0.15) is 0 Å². The van der Waals surface area contributed by atoms with Crippen molar-refractivity contribution in [3.8, 4) is 11.4 Å². The largest absolute Gasteiger partial charge is 0.292 e. The molecule has 4 rings (SSSR count). The number of benzene rings is 3. The summed E-state index contributed by atoms with van der Waals surface area (Å²) in [6.45, 7) is 0.355. The van der Waals surface area contributed by atoms with Gasteiger partial charge in [0, 0.05) is 12.1 Å². The smallest absolute Gasteiger partial charge is 0.261 e. The molecule has 3 aromatic carbocycles. The van der Waals surface area contributed by atoms with Crippen LogP contribution in [0, 0.1) is 11.6 Å². The van der Waals surface area contributed by atoms with Crippen LogP contribution in [0.2, 0.25) is 0 Å². The predicted octanol–water partition coefficient (Wildman–Crippen LogP) is 4.58. The zero-order valence-corrected chi connectivity index (χ0v) is 14.4. The molecule has 0 saturated heterocycles. The second-order valence-corrected chi connectivity index (χ2v) is 6.30. The Labute approximate surface area is 154 Å². The first-order valence-corrected chi connectivity index (χ1v) is 8.62. The van der Waals surface area contributed by atoms with Gasteiger partial charge in [0.25, 0.3) is 5.56 Å². The number of fused-ring (bicyclic) bond motifs is 1. The van der Waals surface area contributed by atoms with Gasteiger partial charge in [-0.1, -0.05) is 36.4 Å². The maximum atomic E-state index is 13.7. The van der Waals surface area contributed by atoms with Crippen molar-refractivity contribution >= 4 is 10.9 Å². The molecule has 1 heterocycles. The SMILES string of the molecule is O=c1c2ccccc2nc(-c2cccc(F)c2)n1CCc1ccc(F)cc1. The summed E-state index contributed by atoms with van der Waals surface area (Å²) in [5.74, 6) is -0.274. The second kappa shape index (κ2) is 7.11. The van der Waals surface area contributed by atoms with Crippen molar-refractivity contribution in [1.29, 1.82) is 0 Å². The highest BCUT2D eigenvalue weighted by Gasteiger charge is 2.13. The Morgan fingerprint density at radius 1 is 0.852 bits per heavy atom. The van der Waals surface area contributed by atoms with E-state index in [0.29, 0.717) is 35.3 Å². The number of aromatic nitrogens is 2. The molecule has 0 saturated carbocycles. The first-order chi connectivity index (χ1) is 13.1. The highest BCUT2D eigenvalue weighted by atomic mass is 19.1. The quantitative estimate of drug-likeness (QED) is 0.532. The molecule has 0 radical (unpaired) electrons. The zero-order valence-electron chi connectivity index (χ0n) is 14.4. The monoisotopic (exact) mass is 362 g/mol. The lowest BCUT2D eigenvalue weighted by Gasteiger charge is -2.14. The Balaban J connectivity index is 1.83. The van der Waals surface area contributed by atoms with Gasteiger partial charge in [-0.3, -0.25) is 9.36 Å². The highest BCUT2D eigenvalue weighted by molar-refractivity contribution is 5.79. The average Bonchev–Trinajstić information content (AvgIpc) is 2.68. The van der Waals surface area contributed by atoms with Crippen LogP contribution >= 0.6 is 0 Å². The van der Waals surface area contributed by atoms with Crippen LogP contribution in [0.15, 0.2) is 77.6 Å². The third-order valence-corrected chi connectivity index (χ3v) is 4.48. The average molecular weight is 362 g/mol. The van der Waals surface area contributed by atoms with E-state index >= 15 is 0 Å². The number of aryl methyl sites for hydroxylation is 1. The molecule has 5 heteroatoms. The number of halogens is 2. The summed E-state index contributed by atoms with van der Waals surface area (Å²) in [4.78, 5) is 17.7. The molecule has 0 aliphatic carbocycles. The second-order valence-electron chi connectivity index (χ2n) is 6.30. The predicted molar refractivity (Wildman–Crippen MR) is 102 cm³/mol. The number of nitrogens with zero attached hydrogens (tertiary/aromatic N) is 2. The van der Waals surface area contributed by atoms with E-state index in [-0.39, 0.29) is 17.2 Å². The van der Waals surface area contributed by atoms with E-state index in [0.717, 1.165) is 5.56 Å². The van der Waals surface area contributed by atoms with Gasteiger partial charge in [-0.25, -0.2) is 13.8 Å². The molecule has 0 unspecified atom stereocenters. The third kappa shape index (κ3) is 3.49. The van der Waals surface area contributed by atoms with Crippen LogP contribution in [0.4, 0.5) is 8.78 Å². The summed E-state index contributed by atoms with van der Waals surface area (Å²) >= 11 is 0. The van der Waals surface area contributed by atoms with Gasteiger partial charge in [0.1, 0.15) is 17.5 Å². The summed E-state index contributed by atoms with van der Waals surface area (Å²) < 4.78 is 28.4. The van der Waals surface area contributed by atoms with Crippen LogP contribution in [-0.2, 0) is 13.0 Å². The lowest BCUT2D eigenvalue weighted by molar-refractivity contribution is 0.624. The first-order valence-electron chi connectivity index (χ1n) is 8.62. The maximum Gasteiger partial charge on any atom is 0.261 e. The molecule has 0 spiro atoms. The lowest BCUT2D eigenvalue weighted by atomic mass is 10.1. The molecular weight excluding hydrogens is 346 g/mol. The molecule has 0 aliphatic heterocycles. The van der Waals surface area contributed by atoms with Crippen LogP contribution in [0.3, 0.4) is 0 Å². The van der Waals surface area contributed by atoms with Gasteiger partial charge in [-0.05, 0) is 48.4 Å². The van der Waals surface area contributed by atoms with Crippen LogP contribution in [0.1, 0.15) is 5.56 Å². The molecular formula is C22H16F2N2O. The van der Waals surface area contributed by atoms with E-state index < -0.39 is 0 Å². The van der Waals surface area contributed by atoms with Gasteiger partial charge >= 0.3 is 0 Å². The van der Waals surface area contributed by atoms with Gasteiger partial charge < -0.3 is 0 Å². The minimum absolute atomic E-state index is 0.179. The molecule has 27 heavy (non-hydrogen) atoms. The van der Waals surface area contributed by atoms with Crippen molar-refractivity contribution in [2.24, 2.45) is 0 Å². The number of hydrogen-bond acceptors (Lipinski definition) is 2. The Hall–Kier alpha value is -3.34. The van der Waals surface area contributed by atoms with Crippen molar-refractivity contribution in [3.63, 3.8) is 0 Å². The molecule has 0 fully saturated rings. The zero-order chi connectivity index (χ0) is 18.8. The summed E-state index contributed by atoms with van der Waals surface area (Å²) in [5, 5.41) is 0.511. The Morgan fingerprint density at radius 3 is 2.41 bits per heavy atom. The van der Waals surface area contributed by atoms with Crippen molar-refractivity contribution in [1.82, 2.24) is 9.55 Å². The molecule has 134 valence electrons. The van der Waals surface area contributed by atoms with Gasteiger partial charge in [0.15, 0.2) is 0 Å². The topological polar surface area (TPSA) is 34.9 Å². The lowest BCUT2D eigenvalue weighted by Crippen LogP contribution is -2.24. The van der Waals surface area contributed by atoms with Crippen molar-refractivity contribution in [3.05, 3.63) is 100 Å². The molecule has 1 aromatic heterocycles. The molecule has 0 aliphatic rings. The Morgan fingerprint density at radius 2 is 1.63 bits per heavy atom. The Bertz CT molecular complexity index is 1170. The molecule has 0 bridgehead atoms. The highest BCUT2D eigenvalue weighted by Crippen LogP contribution is 2.20. The van der Waals surface area contributed by atoms with Gasteiger partial charge in [0.2, 0.25) is 0 Å². The number of rotatable bonds is 4. The van der Waals surface area contributed by atoms with Crippen molar-refractivity contribution in [2.75, 3.05) is 0 Å². The minimum atomic E-state index is -0.389. The van der Waals surface area contributed by atoms with E-state index in [4.69, 9.17) is 0 Å². The summed E-state index contributed by atoms with van der Waals surface area (Å²) in [6, 6.07) is 19.3. The van der Waals surface area contributed by atoms with Gasteiger partial charge in [-0.15, -0.1) is 0 Å². The molecule has 0 amide bonds. The number of hydrogen-bond donors (Lipinski definition) is 0.